The number of anilines is 1. The molecule has 9 nitrogen and oxygen atoms in total. The topological polar surface area (TPSA) is 140 Å². The molecular formula is C21H24N4O5. The lowest BCUT2D eigenvalue weighted by Crippen LogP contribution is -2.33. The van der Waals surface area contributed by atoms with Gasteiger partial charge in [0.05, 0.1) is 26.1 Å². The molecule has 0 heterocycles. The summed E-state index contributed by atoms with van der Waals surface area (Å²) in [4.78, 5) is 46.6. The van der Waals surface area contributed by atoms with Crippen molar-refractivity contribution in [3.8, 4) is 5.75 Å². The molecule has 0 aliphatic heterocycles. The fraction of sp³-hybridized carbons (Fsp3) is 0.238. The predicted molar refractivity (Wildman–Crippen MR) is 111 cm³/mol. The van der Waals surface area contributed by atoms with Crippen LogP contribution in [-0.2, 0) is 14.4 Å². The number of benzene rings is 2. The van der Waals surface area contributed by atoms with Gasteiger partial charge in [0.15, 0.2) is 0 Å². The molecule has 5 N–H and O–H groups in total. The lowest BCUT2D eigenvalue weighted by molar-refractivity contribution is -0.120. The Kier molecular flexibility index (Phi) is 7.92. The van der Waals surface area contributed by atoms with Crippen LogP contribution in [0.15, 0.2) is 48.5 Å². The highest BCUT2D eigenvalue weighted by atomic mass is 16.5. The third-order valence-corrected chi connectivity index (χ3v) is 4.14. The van der Waals surface area contributed by atoms with Gasteiger partial charge in [-0.05, 0) is 42.0 Å². The van der Waals surface area contributed by atoms with Gasteiger partial charge < -0.3 is 26.4 Å². The summed E-state index contributed by atoms with van der Waals surface area (Å²) in [6.45, 7) is 1.13. The van der Waals surface area contributed by atoms with Gasteiger partial charge in [-0.2, -0.15) is 0 Å². The van der Waals surface area contributed by atoms with Crippen molar-refractivity contribution in [1.29, 1.82) is 0 Å². The first-order valence-electron chi connectivity index (χ1n) is 9.16. The smallest absolute Gasteiger partial charge is 0.251 e. The molecule has 2 aromatic carbocycles. The standard InChI is InChI=1S/C21H24N4O5/c1-13(26)24-18(14-5-9-17(30-2)10-6-14)11-20(28)25-16-7-3-15(4-8-16)21(29)23-12-19(22)27/h3-10,18H,11-12H2,1-2H3,(H2,22,27)(H,23,29)(H,24,26)(H,25,28). The van der Waals surface area contributed by atoms with Crippen molar-refractivity contribution < 1.29 is 23.9 Å². The van der Waals surface area contributed by atoms with Crippen molar-refractivity contribution in [1.82, 2.24) is 10.6 Å². The average molecular weight is 412 g/mol. The van der Waals surface area contributed by atoms with Crippen LogP contribution in [0.1, 0.15) is 35.3 Å². The van der Waals surface area contributed by atoms with Crippen molar-refractivity contribution in [3.05, 3.63) is 59.7 Å². The summed E-state index contributed by atoms with van der Waals surface area (Å²) in [6.07, 6.45) is 0.0206. The average Bonchev–Trinajstić information content (AvgIpc) is 2.71. The molecule has 30 heavy (non-hydrogen) atoms. The Balaban J connectivity index is 2.01. The summed E-state index contributed by atoms with van der Waals surface area (Å²) in [6, 6.07) is 12.7. The Morgan fingerprint density at radius 2 is 1.63 bits per heavy atom. The number of nitrogens with one attached hydrogen (secondary N) is 3. The molecule has 0 aliphatic rings. The van der Waals surface area contributed by atoms with Crippen molar-refractivity contribution >= 4 is 29.3 Å². The van der Waals surface area contributed by atoms with Crippen molar-refractivity contribution in [3.63, 3.8) is 0 Å². The van der Waals surface area contributed by atoms with E-state index < -0.39 is 17.9 Å². The van der Waals surface area contributed by atoms with Gasteiger partial charge in [-0.1, -0.05) is 12.1 Å². The number of ether oxygens (including phenoxy) is 1. The third kappa shape index (κ3) is 6.93. The number of primary amides is 1. The zero-order chi connectivity index (χ0) is 22.1. The second-order valence-corrected chi connectivity index (χ2v) is 6.50. The summed E-state index contributed by atoms with van der Waals surface area (Å²) in [5, 5.41) is 7.88. The van der Waals surface area contributed by atoms with Crippen LogP contribution in [0.4, 0.5) is 5.69 Å². The highest BCUT2D eigenvalue weighted by Gasteiger charge is 2.17. The van der Waals surface area contributed by atoms with Crippen LogP contribution >= 0.6 is 0 Å². The monoisotopic (exact) mass is 412 g/mol. The van der Waals surface area contributed by atoms with Gasteiger partial charge in [-0.3, -0.25) is 19.2 Å². The number of nitrogens with two attached hydrogens (primary N) is 1. The molecule has 0 spiro atoms. The fourth-order valence-corrected chi connectivity index (χ4v) is 2.71. The molecule has 158 valence electrons. The minimum absolute atomic E-state index is 0.0206. The molecule has 2 aromatic rings. The van der Waals surface area contributed by atoms with Gasteiger partial charge in [0.1, 0.15) is 5.75 Å². The van der Waals surface area contributed by atoms with E-state index in [1.54, 1.807) is 43.5 Å². The largest absolute Gasteiger partial charge is 0.497 e. The van der Waals surface area contributed by atoms with E-state index in [1.807, 2.05) is 0 Å². The van der Waals surface area contributed by atoms with Crippen molar-refractivity contribution in [2.75, 3.05) is 19.0 Å². The van der Waals surface area contributed by atoms with E-state index in [9.17, 15) is 19.2 Å². The Labute approximate surface area is 174 Å². The molecule has 0 fully saturated rings. The Bertz CT molecular complexity index is 910. The summed E-state index contributed by atoms with van der Waals surface area (Å²) >= 11 is 0. The summed E-state index contributed by atoms with van der Waals surface area (Å²) < 4.78 is 5.13. The lowest BCUT2D eigenvalue weighted by atomic mass is 10.0. The van der Waals surface area contributed by atoms with Gasteiger partial charge in [-0.15, -0.1) is 0 Å². The molecule has 1 atom stereocenters. The number of hydrogen-bond acceptors (Lipinski definition) is 5. The van der Waals surface area contributed by atoms with E-state index in [0.717, 1.165) is 5.56 Å². The van der Waals surface area contributed by atoms with E-state index in [-0.39, 0.29) is 24.8 Å². The first kappa shape index (κ1) is 22.4. The molecule has 4 amide bonds. The zero-order valence-corrected chi connectivity index (χ0v) is 16.7. The van der Waals surface area contributed by atoms with Crippen LogP contribution in [0.25, 0.3) is 0 Å². The number of amides is 4. The molecule has 0 saturated heterocycles. The zero-order valence-electron chi connectivity index (χ0n) is 16.7. The molecular weight excluding hydrogens is 388 g/mol. The van der Waals surface area contributed by atoms with Gasteiger partial charge in [0.25, 0.3) is 5.91 Å². The lowest BCUT2D eigenvalue weighted by Gasteiger charge is -2.18. The van der Waals surface area contributed by atoms with E-state index in [2.05, 4.69) is 16.0 Å². The predicted octanol–water partition coefficient (Wildman–Crippen LogP) is 1.12. The maximum absolute atomic E-state index is 12.5. The Morgan fingerprint density at radius 1 is 1.00 bits per heavy atom. The second kappa shape index (κ2) is 10.6. The normalized spacial score (nSPS) is 11.1. The minimum atomic E-state index is -0.641. The maximum Gasteiger partial charge on any atom is 0.251 e. The maximum atomic E-state index is 12.5. The van der Waals surface area contributed by atoms with Gasteiger partial charge >= 0.3 is 0 Å². The highest BCUT2D eigenvalue weighted by molar-refractivity contribution is 5.97. The van der Waals surface area contributed by atoms with Crippen molar-refractivity contribution in [2.45, 2.75) is 19.4 Å². The van der Waals surface area contributed by atoms with Gasteiger partial charge in [0.2, 0.25) is 17.7 Å². The molecule has 2 rings (SSSR count). The van der Waals surface area contributed by atoms with E-state index in [0.29, 0.717) is 17.0 Å². The quantitative estimate of drug-likeness (QED) is 0.489. The van der Waals surface area contributed by atoms with Crippen LogP contribution in [0, 0.1) is 0 Å². The molecule has 0 saturated carbocycles. The van der Waals surface area contributed by atoms with E-state index in [1.165, 1.54) is 19.1 Å². The van der Waals surface area contributed by atoms with Crippen LogP contribution in [0.5, 0.6) is 5.75 Å². The number of carbonyl (C=O) groups is 4. The molecule has 9 heteroatoms. The van der Waals surface area contributed by atoms with Gasteiger partial charge in [0, 0.05) is 18.2 Å². The minimum Gasteiger partial charge on any atom is -0.497 e. The first-order valence-corrected chi connectivity index (χ1v) is 9.16. The number of hydrogen-bond donors (Lipinski definition) is 4. The Morgan fingerprint density at radius 3 is 2.17 bits per heavy atom. The van der Waals surface area contributed by atoms with Crippen LogP contribution in [-0.4, -0.2) is 37.3 Å². The van der Waals surface area contributed by atoms with Crippen LogP contribution in [0.2, 0.25) is 0 Å². The first-order chi connectivity index (χ1) is 14.3. The highest BCUT2D eigenvalue weighted by Crippen LogP contribution is 2.21. The molecule has 0 aliphatic carbocycles. The van der Waals surface area contributed by atoms with Crippen LogP contribution < -0.4 is 26.4 Å². The van der Waals surface area contributed by atoms with Gasteiger partial charge in [-0.25, -0.2) is 0 Å². The number of rotatable bonds is 9. The van der Waals surface area contributed by atoms with Crippen LogP contribution in [0.3, 0.4) is 0 Å². The molecule has 1 unspecified atom stereocenters. The molecule has 0 radical (unpaired) electrons. The van der Waals surface area contributed by atoms with E-state index >= 15 is 0 Å². The second-order valence-electron chi connectivity index (χ2n) is 6.50. The summed E-state index contributed by atoms with van der Waals surface area (Å²) in [5.41, 5.74) is 6.57. The molecule has 0 aromatic heterocycles. The SMILES string of the molecule is COc1ccc(C(CC(=O)Nc2ccc(C(=O)NCC(N)=O)cc2)NC(C)=O)cc1. The number of methoxy groups -OCH3 is 1. The Hall–Kier alpha value is -3.88. The summed E-state index contributed by atoms with van der Waals surface area (Å²) in [5.74, 6) is -0.982. The number of carbonyl (C=O) groups excluding carboxylic acids is 4. The molecule has 0 bridgehead atoms. The van der Waals surface area contributed by atoms with Crippen molar-refractivity contribution in [2.24, 2.45) is 5.73 Å². The third-order valence-electron chi connectivity index (χ3n) is 4.14. The fourth-order valence-electron chi connectivity index (χ4n) is 2.71. The summed E-state index contributed by atoms with van der Waals surface area (Å²) in [7, 11) is 1.56. The van der Waals surface area contributed by atoms with E-state index in [4.69, 9.17) is 10.5 Å².